The number of aryl methyl sites for hydroxylation is 1. The van der Waals surface area contributed by atoms with Crippen LogP contribution in [-0.4, -0.2) is 80.0 Å². The highest BCUT2D eigenvalue weighted by atomic mass is 19.1. The van der Waals surface area contributed by atoms with Crippen LogP contribution in [0.3, 0.4) is 0 Å². The largest absolute Gasteiger partial charge is 0.358 e. The molecule has 1 aromatic heterocycles. The number of halogens is 1. The molecule has 2 heterocycles. The molecule has 0 spiro atoms. The van der Waals surface area contributed by atoms with Crippen LogP contribution < -0.4 is 10.2 Å². The quantitative estimate of drug-likeness (QED) is 0.479. The lowest BCUT2D eigenvalue weighted by atomic mass is 10.0. The van der Waals surface area contributed by atoms with Crippen molar-refractivity contribution >= 4 is 29.2 Å². The van der Waals surface area contributed by atoms with E-state index in [-0.39, 0.29) is 17.6 Å². The molecule has 2 N–H and O–H groups in total. The van der Waals surface area contributed by atoms with Gasteiger partial charge in [-0.1, -0.05) is 13.8 Å². The highest BCUT2D eigenvalue weighted by molar-refractivity contribution is 6.35. The molecule has 0 atom stereocenters. The van der Waals surface area contributed by atoms with Crippen LogP contribution in [-0.2, 0) is 4.79 Å². The number of nitrogens with one attached hydrogen (secondary N) is 2. The van der Waals surface area contributed by atoms with E-state index in [1.807, 2.05) is 27.9 Å². The molecule has 8 heteroatoms. The zero-order valence-corrected chi connectivity index (χ0v) is 21.8. The Hall–Kier alpha value is -2.97. The van der Waals surface area contributed by atoms with Crippen molar-refractivity contribution in [1.82, 2.24) is 20.1 Å². The van der Waals surface area contributed by atoms with Gasteiger partial charge in [0.15, 0.2) is 0 Å². The molecule has 1 aromatic carbocycles. The SMILES string of the molecule is CCN(CC)CCNC(=O)c1c(C)[nH]c(/C=C2\C(=O)N(CCCN(C)C)c3ccc(F)cc32)c1C. The number of carbonyl (C=O) groups excluding carboxylic acids is 2. The van der Waals surface area contributed by atoms with Crippen LogP contribution in [0.4, 0.5) is 10.1 Å². The molecular weight excluding hydrogens is 445 g/mol. The minimum Gasteiger partial charge on any atom is -0.358 e. The number of anilines is 1. The predicted octanol–water partition coefficient (Wildman–Crippen LogP) is 3.68. The fraction of sp³-hybridized carbons (Fsp3) is 0.481. The minimum atomic E-state index is -0.384. The fourth-order valence-corrected chi connectivity index (χ4v) is 4.60. The van der Waals surface area contributed by atoms with Crippen molar-refractivity contribution in [2.75, 3.05) is 58.3 Å². The Bertz CT molecular complexity index is 1100. The molecule has 0 fully saturated rings. The molecule has 190 valence electrons. The predicted molar refractivity (Wildman–Crippen MR) is 140 cm³/mol. The summed E-state index contributed by atoms with van der Waals surface area (Å²) < 4.78 is 14.1. The number of amides is 2. The maximum absolute atomic E-state index is 14.1. The topological polar surface area (TPSA) is 71.7 Å². The van der Waals surface area contributed by atoms with Crippen molar-refractivity contribution in [3.8, 4) is 0 Å². The highest BCUT2D eigenvalue weighted by Gasteiger charge is 2.33. The smallest absolute Gasteiger partial charge is 0.259 e. The van der Waals surface area contributed by atoms with Crippen molar-refractivity contribution in [2.45, 2.75) is 34.1 Å². The average Bonchev–Trinajstić information content (AvgIpc) is 3.23. The Morgan fingerprint density at radius 3 is 2.54 bits per heavy atom. The lowest BCUT2D eigenvalue weighted by Crippen LogP contribution is -2.35. The summed E-state index contributed by atoms with van der Waals surface area (Å²) in [6.07, 6.45) is 2.56. The second kappa shape index (κ2) is 11.6. The second-order valence-electron chi connectivity index (χ2n) is 9.28. The maximum atomic E-state index is 14.1. The van der Waals surface area contributed by atoms with Gasteiger partial charge in [0.05, 0.1) is 16.8 Å². The molecular formula is C27H38FN5O2. The Morgan fingerprint density at radius 2 is 1.89 bits per heavy atom. The first-order valence-corrected chi connectivity index (χ1v) is 12.4. The van der Waals surface area contributed by atoms with Crippen LogP contribution in [0, 0.1) is 19.7 Å². The summed E-state index contributed by atoms with van der Waals surface area (Å²) in [7, 11) is 3.99. The molecule has 2 aromatic rings. The van der Waals surface area contributed by atoms with Crippen LogP contribution in [0.1, 0.15) is 53.1 Å². The molecule has 3 rings (SSSR count). The number of rotatable bonds is 11. The zero-order valence-electron chi connectivity index (χ0n) is 21.8. The highest BCUT2D eigenvalue weighted by Crippen LogP contribution is 2.38. The van der Waals surface area contributed by atoms with E-state index in [4.69, 9.17) is 0 Å². The Balaban J connectivity index is 1.87. The van der Waals surface area contributed by atoms with Gasteiger partial charge in [-0.2, -0.15) is 0 Å². The van der Waals surface area contributed by atoms with Gasteiger partial charge in [-0.15, -0.1) is 0 Å². The van der Waals surface area contributed by atoms with E-state index in [0.29, 0.717) is 35.5 Å². The Labute approximate surface area is 208 Å². The van der Waals surface area contributed by atoms with Gasteiger partial charge in [-0.25, -0.2) is 4.39 Å². The van der Waals surface area contributed by atoms with Crippen molar-refractivity contribution in [3.63, 3.8) is 0 Å². The Morgan fingerprint density at radius 1 is 1.17 bits per heavy atom. The molecule has 0 saturated carbocycles. The average molecular weight is 484 g/mol. The summed E-state index contributed by atoms with van der Waals surface area (Å²) in [5.74, 6) is -0.672. The number of aromatic nitrogens is 1. The van der Waals surface area contributed by atoms with Crippen LogP contribution in [0.2, 0.25) is 0 Å². The monoisotopic (exact) mass is 483 g/mol. The van der Waals surface area contributed by atoms with Gasteiger partial charge in [0.1, 0.15) is 5.82 Å². The third-order valence-corrected chi connectivity index (χ3v) is 6.60. The number of H-pyrrole nitrogens is 1. The van der Waals surface area contributed by atoms with E-state index in [2.05, 4.69) is 33.9 Å². The lowest BCUT2D eigenvalue weighted by molar-refractivity contribution is -0.113. The third kappa shape index (κ3) is 6.00. The van der Waals surface area contributed by atoms with Crippen molar-refractivity contribution in [3.05, 3.63) is 52.1 Å². The van der Waals surface area contributed by atoms with E-state index in [1.165, 1.54) is 12.1 Å². The number of hydrogen-bond acceptors (Lipinski definition) is 4. The number of likely N-dealkylation sites (N-methyl/N-ethyl adjacent to an activating group) is 1. The molecule has 0 saturated heterocycles. The van der Waals surface area contributed by atoms with Crippen LogP contribution in [0.25, 0.3) is 11.6 Å². The standard InChI is InChI=1S/C27H38FN5O2/c1-7-32(8-2)15-12-29-26(34)25-18(3)23(30-19(25)4)17-22-21-16-20(28)10-11-24(21)33(27(22)35)14-9-13-31(5)6/h10-11,16-17,30H,7-9,12-15H2,1-6H3,(H,29,34)/b22-17-. The van der Waals surface area contributed by atoms with E-state index in [9.17, 15) is 14.0 Å². The maximum Gasteiger partial charge on any atom is 0.259 e. The van der Waals surface area contributed by atoms with Crippen molar-refractivity contribution in [1.29, 1.82) is 0 Å². The molecule has 7 nitrogen and oxygen atoms in total. The molecule has 1 aliphatic rings. The molecule has 1 aliphatic heterocycles. The summed E-state index contributed by atoms with van der Waals surface area (Å²) >= 11 is 0. The minimum absolute atomic E-state index is 0.137. The number of benzene rings is 1. The lowest BCUT2D eigenvalue weighted by Gasteiger charge is -2.18. The van der Waals surface area contributed by atoms with Gasteiger partial charge >= 0.3 is 0 Å². The zero-order chi connectivity index (χ0) is 25.7. The number of carbonyl (C=O) groups is 2. The summed E-state index contributed by atoms with van der Waals surface area (Å²) in [6.45, 7) is 12.6. The summed E-state index contributed by atoms with van der Waals surface area (Å²) in [5.41, 5.74) is 4.51. The molecule has 0 radical (unpaired) electrons. The number of nitrogens with zero attached hydrogens (tertiary/aromatic N) is 3. The van der Waals surface area contributed by atoms with E-state index >= 15 is 0 Å². The second-order valence-corrected chi connectivity index (χ2v) is 9.28. The number of hydrogen-bond donors (Lipinski definition) is 2. The van der Waals surface area contributed by atoms with Gasteiger partial charge in [0.2, 0.25) is 0 Å². The normalized spacial score (nSPS) is 14.5. The van der Waals surface area contributed by atoms with Gasteiger partial charge < -0.3 is 25.0 Å². The van der Waals surface area contributed by atoms with Gasteiger partial charge in [0, 0.05) is 36.6 Å². The fourth-order valence-electron chi connectivity index (χ4n) is 4.60. The van der Waals surface area contributed by atoms with Gasteiger partial charge in [0.25, 0.3) is 11.8 Å². The van der Waals surface area contributed by atoms with E-state index in [0.717, 1.165) is 49.5 Å². The van der Waals surface area contributed by atoms with Crippen molar-refractivity contribution in [2.24, 2.45) is 0 Å². The molecule has 0 unspecified atom stereocenters. The number of aromatic amines is 1. The Kier molecular flexibility index (Phi) is 8.86. The summed E-state index contributed by atoms with van der Waals surface area (Å²) in [4.78, 5) is 35.6. The molecule has 0 aliphatic carbocycles. The third-order valence-electron chi connectivity index (χ3n) is 6.60. The summed E-state index contributed by atoms with van der Waals surface area (Å²) in [6, 6.07) is 4.47. The van der Waals surface area contributed by atoms with Crippen molar-refractivity contribution < 1.29 is 14.0 Å². The van der Waals surface area contributed by atoms with Crippen LogP contribution >= 0.6 is 0 Å². The first-order valence-electron chi connectivity index (χ1n) is 12.4. The van der Waals surface area contributed by atoms with Gasteiger partial charge in [-0.05, 0) is 83.8 Å². The molecule has 35 heavy (non-hydrogen) atoms. The van der Waals surface area contributed by atoms with Gasteiger partial charge in [-0.3, -0.25) is 9.59 Å². The first kappa shape index (κ1) is 26.6. The first-order chi connectivity index (χ1) is 16.7. The van der Waals surface area contributed by atoms with Crippen LogP contribution in [0.15, 0.2) is 18.2 Å². The van der Waals surface area contributed by atoms with Crippen LogP contribution in [0.5, 0.6) is 0 Å². The molecule has 2 amide bonds. The summed E-state index contributed by atoms with van der Waals surface area (Å²) in [5, 5.41) is 3.01. The molecule has 0 bridgehead atoms. The van der Waals surface area contributed by atoms with E-state index in [1.54, 1.807) is 17.0 Å². The number of fused-ring (bicyclic) bond motifs is 1. The van der Waals surface area contributed by atoms with E-state index < -0.39 is 0 Å².